The molecule has 2 N–H and O–H groups in total. The van der Waals surface area contributed by atoms with Gasteiger partial charge < -0.3 is 10.6 Å². The van der Waals surface area contributed by atoms with Gasteiger partial charge in [-0.2, -0.15) is 5.26 Å². The van der Waals surface area contributed by atoms with Gasteiger partial charge in [-0.15, -0.1) is 0 Å². The molecule has 0 aliphatic rings. The summed E-state index contributed by atoms with van der Waals surface area (Å²) in [6, 6.07) is 15.6. The van der Waals surface area contributed by atoms with Crippen molar-refractivity contribution in [2.75, 3.05) is 10.6 Å². The van der Waals surface area contributed by atoms with E-state index >= 15 is 0 Å². The lowest BCUT2D eigenvalue weighted by Crippen LogP contribution is -2.31. The number of rotatable bonds is 4. The average Bonchev–Trinajstić information content (AvgIpc) is 2.50. The molecule has 0 saturated heterocycles. The number of nitrogens with zero attached hydrogens (tertiary/aromatic N) is 1. The molecule has 106 valence electrons. The van der Waals surface area contributed by atoms with Crippen molar-refractivity contribution in [3.63, 3.8) is 0 Å². The van der Waals surface area contributed by atoms with E-state index in [0.717, 1.165) is 5.69 Å². The molecule has 0 aromatic heterocycles. The van der Waals surface area contributed by atoms with E-state index in [2.05, 4.69) is 10.6 Å². The minimum absolute atomic E-state index is 0.181. The van der Waals surface area contributed by atoms with E-state index in [1.165, 1.54) is 0 Å². The molecule has 2 rings (SSSR count). The third kappa shape index (κ3) is 3.98. The number of nitrogens with one attached hydrogen (secondary N) is 2. The van der Waals surface area contributed by atoms with Crippen LogP contribution in [-0.2, 0) is 4.79 Å². The zero-order valence-corrected chi connectivity index (χ0v) is 12.2. The van der Waals surface area contributed by atoms with Crippen molar-refractivity contribution in [3.8, 4) is 6.07 Å². The van der Waals surface area contributed by atoms with Crippen LogP contribution in [0.5, 0.6) is 0 Å². The minimum atomic E-state index is -0.489. The van der Waals surface area contributed by atoms with Crippen LogP contribution in [0.4, 0.5) is 11.4 Å². The second-order valence-corrected chi connectivity index (χ2v) is 4.93. The zero-order valence-electron chi connectivity index (χ0n) is 11.4. The number of carbonyl (C=O) groups is 1. The Morgan fingerprint density at radius 3 is 2.62 bits per heavy atom. The molecule has 2 aromatic carbocycles. The van der Waals surface area contributed by atoms with Crippen molar-refractivity contribution >= 4 is 28.9 Å². The molecule has 21 heavy (non-hydrogen) atoms. The van der Waals surface area contributed by atoms with Gasteiger partial charge in [0, 0.05) is 5.69 Å². The van der Waals surface area contributed by atoms with Gasteiger partial charge in [0.05, 0.1) is 22.3 Å². The van der Waals surface area contributed by atoms with E-state index in [0.29, 0.717) is 16.3 Å². The van der Waals surface area contributed by atoms with E-state index in [4.69, 9.17) is 16.9 Å². The topological polar surface area (TPSA) is 64.9 Å². The van der Waals surface area contributed by atoms with Crippen LogP contribution >= 0.6 is 11.6 Å². The summed E-state index contributed by atoms with van der Waals surface area (Å²) in [6.45, 7) is 1.73. The van der Waals surface area contributed by atoms with Crippen molar-refractivity contribution in [2.45, 2.75) is 13.0 Å². The minimum Gasteiger partial charge on any atom is -0.373 e. The first-order valence-corrected chi connectivity index (χ1v) is 6.80. The SMILES string of the molecule is CC(Nc1cc(C#N)ccc1Cl)C(=O)Nc1ccccc1. The molecule has 5 heteroatoms. The molecule has 0 saturated carbocycles. The van der Waals surface area contributed by atoms with Crippen LogP contribution in [0, 0.1) is 11.3 Å². The first kappa shape index (κ1) is 14.9. The van der Waals surface area contributed by atoms with E-state index < -0.39 is 6.04 Å². The standard InChI is InChI=1S/C16H14ClN3O/c1-11(16(21)20-13-5-3-2-4-6-13)19-15-9-12(10-18)7-8-14(15)17/h2-9,11,19H,1H3,(H,20,21). The third-order valence-electron chi connectivity index (χ3n) is 2.90. The first-order chi connectivity index (χ1) is 10.1. The molecule has 1 unspecified atom stereocenters. The Bertz CT molecular complexity index is 680. The van der Waals surface area contributed by atoms with Gasteiger partial charge in [0.15, 0.2) is 0 Å². The molecule has 0 fully saturated rings. The van der Waals surface area contributed by atoms with E-state index in [-0.39, 0.29) is 5.91 Å². The third-order valence-corrected chi connectivity index (χ3v) is 3.23. The van der Waals surface area contributed by atoms with Crippen molar-refractivity contribution in [1.29, 1.82) is 5.26 Å². The predicted molar refractivity (Wildman–Crippen MR) is 84.3 cm³/mol. The maximum absolute atomic E-state index is 12.1. The quantitative estimate of drug-likeness (QED) is 0.905. The number of halogens is 1. The smallest absolute Gasteiger partial charge is 0.246 e. The zero-order chi connectivity index (χ0) is 15.2. The number of hydrogen-bond acceptors (Lipinski definition) is 3. The lowest BCUT2D eigenvalue weighted by Gasteiger charge is -2.16. The molecular formula is C16H14ClN3O. The number of amides is 1. The fourth-order valence-corrected chi connectivity index (χ4v) is 1.95. The maximum atomic E-state index is 12.1. The summed E-state index contributed by atoms with van der Waals surface area (Å²) in [4.78, 5) is 12.1. The second kappa shape index (κ2) is 6.78. The Hall–Kier alpha value is -2.51. The fraction of sp³-hybridized carbons (Fsp3) is 0.125. The number of hydrogen-bond donors (Lipinski definition) is 2. The molecule has 0 heterocycles. The van der Waals surface area contributed by atoms with Crippen LogP contribution in [0.25, 0.3) is 0 Å². The molecule has 1 amide bonds. The average molecular weight is 300 g/mol. The van der Waals surface area contributed by atoms with Crippen LogP contribution in [0.15, 0.2) is 48.5 Å². The van der Waals surface area contributed by atoms with Crippen molar-refractivity contribution in [2.24, 2.45) is 0 Å². The summed E-state index contributed by atoms with van der Waals surface area (Å²) in [5, 5.41) is 15.2. The van der Waals surface area contributed by atoms with E-state index in [1.54, 1.807) is 25.1 Å². The Labute approximate surface area is 128 Å². The summed E-state index contributed by atoms with van der Waals surface area (Å²) in [5.41, 5.74) is 1.78. The summed E-state index contributed by atoms with van der Waals surface area (Å²) in [7, 11) is 0. The molecule has 4 nitrogen and oxygen atoms in total. The molecule has 0 bridgehead atoms. The van der Waals surface area contributed by atoms with Crippen molar-refractivity contribution < 1.29 is 4.79 Å². The van der Waals surface area contributed by atoms with E-state index in [1.807, 2.05) is 36.4 Å². The molecule has 0 spiro atoms. The largest absolute Gasteiger partial charge is 0.373 e. The first-order valence-electron chi connectivity index (χ1n) is 6.42. The number of nitriles is 1. The molecule has 0 aliphatic heterocycles. The van der Waals surface area contributed by atoms with Crippen molar-refractivity contribution in [3.05, 3.63) is 59.1 Å². The van der Waals surface area contributed by atoms with Gasteiger partial charge in [-0.3, -0.25) is 4.79 Å². The van der Waals surface area contributed by atoms with Gasteiger partial charge >= 0.3 is 0 Å². The summed E-state index contributed by atoms with van der Waals surface area (Å²) in [5.74, 6) is -0.181. The van der Waals surface area contributed by atoms with Gasteiger partial charge in [-0.25, -0.2) is 0 Å². The number of carbonyl (C=O) groups excluding carboxylic acids is 1. The van der Waals surface area contributed by atoms with Crippen molar-refractivity contribution in [1.82, 2.24) is 0 Å². The highest BCUT2D eigenvalue weighted by atomic mass is 35.5. The number of anilines is 2. The van der Waals surface area contributed by atoms with Gasteiger partial charge in [0.2, 0.25) is 5.91 Å². The van der Waals surface area contributed by atoms with Crippen LogP contribution in [0.3, 0.4) is 0 Å². The van der Waals surface area contributed by atoms with Gasteiger partial charge in [-0.05, 0) is 37.3 Å². The van der Waals surface area contributed by atoms with Gasteiger partial charge in [-0.1, -0.05) is 29.8 Å². The number of benzene rings is 2. The molecular weight excluding hydrogens is 286 g/mol. The lowest BCUT2D eigenvalue weighted by molar-refractivity contribution is -0.116. The Balaban J connectivity index is 2.06. The monoisotopic (exact) mass is 299 g/mol. The summed E-state index contributed by atoms with van der Waals surface area (Å²) < 4.78 is 0. The van der Waals surface area contributed by atoms with Gasteiger partial charge in [0.25, 0.3) is 0 Å². The van der Waals surface area contributed by atoms with Crippen LogP contribution in [-0.4, -0.2) is 11.9 Å². The van der Waals surface area contributed by atoms with E-state index in [9.17, 15) is 4.79 Å². The Kier molecular flexibility index (Phi) is 4.81. The second-order valence-electron chi connectivity index (χ2n) is 4.53. The number of para-hydroxylation sites is 1. The summed E-state index contributed by atoms with van der Waals surface area (Å²) >= 11 is 6.06. The fourth-order valence-electron chi connectivity index (χ4n) is 1.78. The molecule has 0 radical (unpaired) electrons. The lowest BCUT2D eigenvalue weighted by atomic mass is 10.2. The molecule has 0 aliphatic carbocycles. The van der Waals surface area contributed by atoms with Crippen LogP contribution in [0.1, 0.15) is 12.5 Å². The van der Waals surface area contributed by atoms with Crippen LogP contribution < -0.4 is 10.6 Å². The highest BCUT2D eigenvalue weighted by Gasteiger charge is 2.14. The summed E-state index contributed by atoms with van der Waals surface area (Å²) in [6.07, 6.45) is 0. The maximum Gasteiger partial charge on any atom is 0.246 e. The van der Waals surface area contributed by atoms with Gasteiger partial charge in [0.1, 0.15) is 6.04 Å². The Morgan fingerprint density at radius 1 is 1.24 bits per heavy atom. The Morgan fingerprint density at radius 2 is 1.95 bits per heavy atom. The normalized spacial score (nSPS) is 11.3. The highest BCUT2D eigenvalue weighted by Crippen LogP contribution is 2.23. The predicted octanol–water partition coefficient (Wildman–Crippen LogP) is 3.65. The molecule has 2 aromatic rings. The highest BCUT2D eigenvalue weighted by molar-refractivity contribution is 6.33. The van der Waals surface area contributed by atoms with Crippen LogP contribution in [0.2, 0.25) is 5.02 Å². The molecule has 1 atom stereocenters.